The zero-order valence-corrected chi connectivity index (χ0v) is 24.2. The zero-order chi connectivity index (χ0) is 26.5. The van der Waals surface area contributed by atoms with Crippen molar-refractivity contribution in [3.63, 3.8) is 0 Å². The molecule has 4 saturated carbocycles. The van der Waals surface area contributed by atoms with Gasteiger partial charge in [-0.15, -0.1) is 0 Å². The molecule has 0 bridgehead atoms. The van der Waals surface area contributed by atoms with Crippen molar-refractivity contribution in [2.24, 2.45) is 56.7 Å². The highest BCUT2D eigenvalue weighted by atomic mass is 16.5. The number of ether oxygens (including phenoxy) is 1. The zero-order valence-electron chi connectivity index (χ0n) is 24.2. The maximum atomic E-state index is 11.9. The van der Waals surface area contributed by atoms with E-state index in [1.807, 2.05) is 6.92 Å². The molecule has 0 aromatic rings. The minimum Gasteiger partial charge on any atom is -0.462 e. The molecule has 4 nitrogen and oxygen atoms in total. The van der Waals surface area contributed by atoms with E-state index in [-0.39, 0.29) is 28.1 Å². The molecule has 5 rings (SSSR count). The maximum Gasteiger partial charge on any atom is 0.302 e. The van der Waals surface area contributed by atoms with E-state index in [9.17, 15) is 15.0 Å². The topological polar surface area (TPSA) is 66.8 Å². The van der Waals surface area contributed by atoms with Gasteiger partial charge in [0.1, 0.15) is 6.10 Å². The van der Waals surface area contributed by atoms with E-state index >= 15 is 0 Å². The Morgan fingerprint density at radius 2 is 1.64 bits per heavy atom. The molecule has 4 fully saturated rings. The van der Waals surface area contributed by atoms with Gasteiger partial charge in [-0.3, -0.25) is 4.79 Å². The standard InChI is InChI=1S/C32H52O4/c1-19-11-14-28(4)17-18-30(6)22(26(28)20(19)2)9-10-23-29(5)15-13-25(36-21(3)33)32(8,27(34)35)24(29)12-16-31(23,30)7/h9,19-20,23-27,34-35H,10-18H2,1-8H3/t19-,20-,23-,24-,25-,26-,28+,29+,30-,31+,32+/m0/s1. The molecule has 2 N–H and O–H groups in total. The Hall–Kier alpha value is -0.870. The first-order chi connectivity index (χ1) is 16.6. The van der Waals surface area contributed by atoms with Crippen LogP contribution >= 0.6 is 0 Å². The summed E-state index contributed by atoms with van der Waals surface area (Å²) in [5.41, 5.74) is 1.74. The molecular weight excluding hydrogens is 448 g/mol. The molecule has 4 heteroatoms. The number of aliphatic hydroxyl groups is 2. The fraction of sp³-hybridized carbons (Fsp3) is 0.906. The molecule has 0 radical (unpaired) electrons. The summed E-state index contributed by atoms with van der Waals surface area (Å²) in [6.45, 7) is 18.6. The van der Waals surface area contributed by atoms with Gasteiger partial charge in [0.05, 0.1) is 5.41 Å². The highest BCUT2D eigenvalue weighted by molar-refractivity contribution is 5.66. The Morgan fingerprint density at radius 3 is 2.28 bits per heavy atom. The largest absolute Gasteiger partial charge is 0.462 e. The smallest absolute Gasteiger partial charge is 0.302 e. The first-order valence-electron chi connectivity index (χ1n) is 14.9. The van der Waals surface area contributed by atoms with Crippen LogP contribution in [0, 0.1) is 56.7 Å². The molecule has 204 valence electrons. The molecule has 0 heterocycles. The van der Waals surface area contributed by atoms with Gasteiger partial charge < -0.3 is 14.9 Å². The summed E-state index contributed by atoms with van der Waals surface area (Å²) in [6.07, 6.45) is 10.9. The minimum absolute atomic E-state index is 0.0145. The van der Waals surface area contributed by atoms with Gasteiger partial charge in [-0.25, -0.2) is 0 Å². The van der Waals surface area contributed by atoms with Crippen LogP contribution in [0.5, 0.6) is 0 Å². The van der Waals surface area contributed by atoms with E-state index in [1.54, 1.807) is 5.57 Å². The number of carbonyl (C=O) groups excluding carboxylic acids is 1. The average molecular weight is 501 g/mol. The lowest BCUT2D eigenvalue weighted by atomic mass is 9.33. The molecule has 0 amide bonds. The van der Waals surface area contributed by atoms with Gasteiger partial charge in [-0.2, -0.15) is 0 Å². The SMILES string of the molecule is CC(=O)O[C@H]1CC[C@@]2(C)[C@H](CC[C@]3(C)[C@H]2CC=C2[C@@H]4[C@@H](C)[C@@H](C)CC[C@]4(C)CC[C@@]23C)[C@@]1(C)C(O)O. The molecule has 5 aliphatic rings. The quantitative estimate of drug-likeness (QED) is 0.246. The van der Waals surface area contributed by atoms with Crippen molar-refractivity contribution >= 4 is 5.97 Å². The molecule has 5 aliphatic carbocycles. The minimum atomic E-state index is -1.50. The number of esters is 1. The van der Waals surface area contributed by atoms with Gasteiger partial charge in [-0.1, -0.05) is 60.1 Å². The number of rotatable bonds is 2. The fourth-order valence-electron chi connectivity index (χ4n) is 11.3. The normalized spacial score (nSPS) is 54.5. The van der Waals surface area contributed by atoms with Crippen LogP contribution in [-0.4, -0.2) is 28.6 Å². The number of allylic oxidation sites excluding steroid dienone is 2. The Kier molecular flexibility index (Phi) is 6.17. The summed E-state index contributed by atoms with van der Waals surface area (Å²) in [5.74, 6) is 2.49. The maximum absolute atomic E-state index is 11.9. The highest BCUT2D eigenvalue weighted by Gasteiger charge is 2.70. The van der Waals surface area contributed by atoms with E-state index in [1.165, 1.54) is 32.6 Å². The van der Waals surface area contributed by atoms with Gasteiger partial charge in [0, 0.05) is 6.92 Å². The average Bonchev–Trinajstić information content (AvgIpc) is 2.79. The second-order valence-corrected chi connectivity index (χ2v) is 15.2. The summed E-state index contributed by atoms with van der Waals surface area (Å²) in [4.78, 5) is 11.9. The van der Waals surface area contributed by atoms with Crippen LogP contribution in [0.4, 0.5) is 0 Å². The van der Waals surface area contributed by atoms with Crippen LogP contribution < -0.4 is 0 Å². The lowest BCUT2D eigenvalue weighted by Gasteiger charge is -2.71. The molecular formula is C32H52O4. The molecule has 0 aromatic carbocycles. The summed E-state index contributed by atoms with van der Waals surface area (Å²) < 4.78 is 5.75. The van der Waals surface area contributed by atoms with Crippen LogP contribution in [0.1, 0.15) is 113 Å². The monoisotopic (exact) mass is 500 g/mol. The number of hydrogen-bond acceptors (Lipinski definition) is 4. The van der Waals surface area contributed by atoms with Crippen LogP contribution in [0.2, 0.25) is 0 Å². The lowest BCUT2D eigenvalue weighted by molar-refractivity contribution is -0.271. The molecule has 0 aliphatic heterocycles. The summed E-state index contributed by atoms with van der Waals surface area (Å²) >= 11 is 0. The Balaban J connectivity index is 1.56. The van der Waals surface area contributed by atoms with Crippen molar-refractivity contribution in [2.75, 3.05) is 0 Å². The van der Waals surface area contributed by atoms with Gasteiger partial charge in [0.25, 0.3) is 0 Å². The molecule has 0 spiro atoms. The molecule has 36 heavy (non-hydrogen) atoms. The van der Waals surface area contributed by atoms with Crippen molar-refractivity contribution in [2.45, 2.75) is 126 Å². The summed E-state index contributed by atoms with van der Waals surface area (Å²) in [6, 6.07) is 0. The Morgan fingerprint density at radius 1 is 0.944 bits per heavy atom. The number of carbonyl (C=O) groups is 1. The van der Waals surface area contributed by atoms with E-state index < -0.39 is 17.8 Å². The Bertz CT molecular complexity index is 940. The van der Waals surface area contributed by atoms with Gasteiger partial charge in [-0.05, 0) is 109 Å². The van der Waals surface area contributed by atoms with Gasteiger partial charge >= 0.3 is 5.97 Å². The van der Waals surface area contributed by atoms with E-state index in [2.05, 4.69) is 47.6 Å². The number of hydrogen-bond donors (Lipinski definition) is 2. The van der Waals surface area contributed by atoms with E-state index in [0.717, 1.165) is 37.5 Å². The second-order valence-electron chi connectivity index (χ2n) is 15.2. The van der Waals surface area contributed by atoms with Crippen LogP contribution in [-0.2, 0) is 9.53 Å². The predicted octanol–water partition coefficient (Wildman–Crippen LogP) is 6.89. The van der Waals surface area contributed by atoms with Gasteiger partial charge in [0.2, 0.25) is 0 Å². The third-order valence-electron chi connectivity index (χ3n) is 13.9. The first-order valence-corrected chi connectivity index (χ1v) is 14.9. The lowest BCUT2D eigenvalue weighted by Crippen LogP contribution is -2.67. The number of aliphatic hydroxyl groups excluding tert-OH is 1. The predicted molar refractivity (Wildman–Crippen MR) is 143 cm³/mol. The third-order valence-corrected chi connectivity index (χ3v) is 13.9. The summed E-state index contributed by atoms with van der Waals surface area (Å²) in [7, 11) is 0. The van der Waals surface area contributed by atoms with Crippen LogP contribution in [0.3, 0.4) is 0 Å². The molecule has 0 unspecified atom stereocenters. The highest BCUT2D eigenvalue weighted by Crippen LogP contribution is 2.76. The fourth-order valence-corrected chi connectivity index (χ4v) is 11.3. The first kappa shape index (κ1) is 26.7. The van der Waals surface area contributed by atoms with E-state index in [4.69, 9.17) is 4.74 Å². The molecule has 0 aromatic heterocycles. The van der Waals surface area contributed by atoms with E-state index in [0.29, 0.717) is 23.7 Å². The molecule has 11 atom stereocenters. The van der Waals surface area contributed by atoms with Crippen molar-refractivity contribution < 1.29 is 19.7 Å². The van der Waals surface area contributed by atoms with Crippen LogP contribution in [0.15, 0.2) is 11.6 Å². The van der Waals surface area contributed by atoms with Crippen molar-refractivity contribution in [3.05, 3.63) is 11.6 Å². The second kappa shape index (κ2) is 8.31. The Labute approximate surface area is 219 Å². The van der Waals surface area contributed by atoms with Crippen molar-refractivity contribution in [3.8, 4) is 0 Å². The number of fused-ring (bicyclic) bond motifs is 7. The van der Waals surface area contributed by atoms with Crippen LogP contribution in [0.25, 0.3) is 0 Å². The van der Waals surface area contributed by atoms with Gasteiger partial charge in [0.15, 0.2) is 6.29 Å². The molecule has 0 saturated heterocycles. The summed E-state index contributed by atoms with van der Waals surface area (Å²) in [5, 5.41) is 21.5. The third kappa shape index (κ3) is 3.28. The van der Waals surface area contributed by atoms with Crippen molar-refractivity contribution in [1.29, 1.82) is 0 Å². The van der Waals surface area contributed by atoms with Crippen molar-refractivity contribution in [1.82, 2.24) is 0 Å².